The Balaban J connectivity index is 0.00000208. The average Bonchev–Trinajstić information content (AvgIpc) is 2.89. The Morgan fingerprint density at radius 2 is 2.08 bits per heavy atom. The fourth-order valence-electron chi connectivity index (χ4n) is 3.21. The van der Waals surface area contributed by atoms with E-state index in [-0.39, 0.29) is 30.0 Å². The maximum absolute atomic E-state index is 12.1. The van der Waals surface area contributed by atoms with Crippen LogP contribution in [0.25, 0.3) is 11.0 Å². The minimum Gasteiger partial charge on any atom is -0.352 e. The van der Waals surface area contributed by atoms with Crippen molar-refractivity contribution in [2.75, 3.05) is 6.54 Å². The summed E-state index contributed by atoms with van der Waals surface area (Å²) in [5, 5.41) is 6.53. The maximum atomic E-state index is 12.1. The van der Waals surface area contributed by atoms with E-state index in [1.54, 1.807) is 0 Å². The number of carbonyl (C=O) groups excluding carboxylic acids is 1. The Labute approximate surface area is 147 Å². The summed E-state index contributed by atoms with van der Waals surface area (Å²) in [7, 11) is 0. The number of aryl methyl sites for hydroxylation is 1. The number of rotatable bonds is 5. The zero-order chi connectivity index (χ0) is 16.2. The average molecular weight is 353 g/mol. The molecule has 3 rings (SSSR count). The van der Waals surface area contributed by atoms with Gasteiger partial charge >= 0.3 is 5.69 Å². The number of halogens is 1. The molecule has 4 N–H and O–H groups in total. The molecule has 1 aliphatic heterocycles. The van der Waals surface area contributed by atoms with Crippen LogP contribution in [-0.2, 0) is 11.2 Å². The van der Waals surface area contributed by atoms with Gasteiger partial charge in [-0.3, -0.25) is 4.79 Å². The number of fused-ring (bicyclic) bond motifs is 1. The summed E-state index contributed by atoms with van der Waals surface area (Å²) >= 11 is 0. The molecular weight excluding hydrogens is 328 g/mol. The number of amides is 1. The second kappa shape index (κ2) is 8.35. The molecule has 0 bridgehead atoms. The number of benzene rings is 1. The van der Waals surface area contributed by atoms with E-state index in [9.17, 15) is 9.59 Å². The molecular formula is C17H25ClN4O2. The van der Waals surface area contributed by atoms with Crippen LogP contribution >= 0.6 is 12.4 Å². The predicted octanol–water partition coefficient (Wildman–Crippen LogP) is 1.86. The van der Waals surface area contributed by atoms with Crippen LogP contribution < -0.4 is 16.3 Å². The molecule has 1 aromatic carbocycles. The molecule has 0 spiro atoms. The lowest BCUT2D eigenvalue weighted by molar-refractivity contribution is -0.122. The van der Waals surface area contributed by atoms with Gasteiger partial charge in [-0.2, -0.15) is 0 Å². The van der Waals surface area contributed by atoms with Crippen LogP contribution in [0.2, 0.25) is 0 Å². The lowest BCUT2D eigenvalue weighted by Gasteiger charge is -2.30. The molecule has 2 aromatic rings. The smallest absolute Gasteiger partial charge is 0.323 e. The van der Waals surface area contributed by atoms with Crippen molar-refractivity contribution in [1.82, 2.24) is 20.6 Å². The molecule has 6 nitrogen and oxygen atoms in total. The summed E-state index contributed by atoms with van der Waals surface area (Å²) in [6, 6.07) is 6.46. The molecule has 0 radical (unpaired) electrons. The molecule has 7 heteroatoms. The van der Waals surface area contributed by atoms with Gasteiger partial charge in [0, 0.05) is 18.5 Å². The number of nitrogens with one attached hydrogen (secondary N) is 4. The number of carbonyl (C=O) groups is 1. The maximum Gasteiger partial charge on any atom is 0.323 e. The Morgan fingerprint density at radius 1 is 1.29 bits per heavy atom. The van der Waals surface area contributed by atoms with Crippen LogP contribution in [0.1, 0.15) is 38.2 Å². The van der Waals surface area contributed by atoms with Gasteiger partial charge in [0.1, 0.15) is 0 Å². The van der Waals surface area contributed by atoms with Crippen molar-refractivity contribution in [3.8, 4) is 0 Å². The largest absolute Gasteiger partial charge is 0.352 e. The minimum absolute atomic E-state index is 0. The third-order valence-electron chi connectivity index (χ3n) is 4.56. The van der Waals surface area contributed by atoms with Gasteiger partial charge in [0.25, 0.3) is 0 Å². The van der Waals surface area contributed by atoms with Crippen LogP contribution in [0, 0.1) is 0 Å². The van der Waals surface area contributed by atoms with E-state index in [4.69, 9.17) is 0 Å². The highest BCUT2D eigenvalue weighted by molar-refractivity contribution is 5.85. The van der Waals surface area contributed by atoms with Crippen molar-refractivity contribution >= 4 is 29.3 Å². The molecule has 2 atom stereocenters. The summed E-state index contributed by atoms with van der Waals surface area (Å²) in [5.74, 6) is 0.127. The predicted molar refractivity (Wildman–Crippen MR) is 97.7 cm³/mol. The van der Waals surface area contributed by atoms with E-state index in [2.05, 4.69) is 27.5 Å². The Bertz CT molecular complexity index is 740. The fraction of sp³-hybridized carbons (Fsp3) is 0.529. The van der Waals surface area contributed by atoms with Crippen LogP contribution in [-0.4, -0.2) is 34.5 Å². The first-order valence-electron chi connectivity index (χ1n) is 8.35. The highest BCUT2D eigenvalue weighted by Crippen LogP contribution is 2.13. The van der Waals surface area contributed by atoms with Gasteiger partial charge in [0.05, 0.1) is 11.0 Å². The van der Waals surface area contributed by atoms with Crippen LogP contribution in [0.5, 0.6) is 0 Å². The molecule has 132 valence electrons. The fourth-order valence-corrected chi connectivity index (χ4v) is 3.21. The van der Waals surface area contributed by atoms with Crippen molar-refractivity contribution in [2.45, 2.75) is 51.1 Å². The number of piperidine rings is 1. The van der Waals surface area contributed by atoms with E-state index in [0.717, 1.165) is 48.8 Å². The zero-order valence-corrected chi connectivity index (χ0v) is 14.7. The van der Waals surface area contributed by atoms with Crippen LogP contribution in [0.3, 0.4) is 0 Å². The molecule has 2 heterocycles. The third-order valence-corrected chi connectivity index (χ3v) is 4.56. The van der Waals surface area contributed by atoms with Crippen molar-refractivity contribution in [1.29, 1.82) is 0 Å². The summed E-state index contributed by atoms with van der Waals surface area (Å²) in [6.45, 7) is 3.16. The van der Waals surface area contributed by atoms with Gasteiger partial charge in [0.2, 0.25) is 5.91 Å². The molecule has 0 saturated carbocycles. The normalized spacial score (nSPS) is 20.5. The highest BCUT2D eigenvalue weighted by Gasteiger charge is 2.21. The second-order valence-electron chi connectivity index (χ2n) is 6.37. The van der Waals surface area contributed by atoms with Gasteiger partial charge in [-0.1, -0.05) is 6.07 Å². The first-order valence-corrected chi connectivity index (χ1v) is 8.35. The molecule has 1 amide bonds. The van der Waals surface area contributed by atoms with E-state index < -0.39 is 0 Å². The van der Waals surface area contributed by atoms with E-state index in [1.165, 1.54) is 0 Å². The number of hydrogen-bond donors (Lipinski definition) is 4. The lowest BCUT2D eigenvalue weighted by atomic mass is 9.99. The van der Waals surface area contributed by atoms with Gasteiger partial charge in [-0.15, -0.1) is 12.4 Å². The van der Waals surface area contributed by atoms with E-state index >= 15 is 0 Å². The van der Waals surface area contributed by atoms with Crippen LogP contribution in [0.15, 0.2) is 23.0 Å². The number of aromatic amines is 2. The van der Waals surface area contributed by atoms with Crippen molar-refractivity contribution < 1.29 is 4.79 Å². The topological polar surface area (TPSA) is 89.8 Å². The van der Waals surface area contributed by atoms with Crippen molar-refractivity contribution in [3.05, 3.63) is 34.2 Å². The molecule has 1 saturated heterocycles. The number of H-pyrrole nitrogens is 2. The van der Waals surface area contributed by atoms with Gasteiger partial charge in [-0.05, 0) is 56.8 Å². The summed E-state index contributed by atoms with van der Waals surface area (Å²) in [6.07, 6.45) is 4.34. The minimum atomic E-state index is -0.188. The van der Waals surface area contributed by atoms with Crippen molar-refractivity contribution in [3.63, 3.8) is 0 Å². The second-order valence-corrected chi connectivity index (χ2v) is 6.37. The zero-order valence-electron chi connectivity index (χ0n) is 13.9. The van der Waals surface area contributed by atoms with Gasteiger partial charge < -0.3 is 20.6 Å². The first-order chi connectivity index (χ1) is 11.1. The SMILES string of the molecule is CC1NCCCC1NC(=O)CCCc1ccc2[nH]c(=O)[nH]c2c1.Cl. The lowest BCUT2D eigenvalue weighted by Crippen LogP contribution is -2.51. The highest BCUT2D eigenvalue weighted by atomic mass is 35.5. The quantitative estimate of drug-likeness (QED) is 0.662. The summed E-state index contributed by atoms with van der Waals surface area (Å²) in [4.78, 5) is 28.8. The molecule has 24 heavy (non-hydrogen) atoms. The third kappa shape index (κ3) is 4.61. The Hall–Kier alpha value is -1.79. The van der Waals surface area contributed by atoms with Gasteiger partial charge in [-0.25, -0.2) is 4.79 Å². The Kier molecular flexibility index (Phi) is 6.45. The van der Waals surface area contributed by atoms with Crippen LogP contribution in [0.4, 0.5) is 0 Å². The summed E-state index contributed by atoms with van der Waals surface area (Å²) in [5.41, 5.74) is 2.58. The Morgan fingerprint density at radius 3 is 2.88 bits per heavy atom. The van der Waals surface area contributed by atoms with E-state index in [0.29, 0.717) is 12.5 Å². The standard InChI is InChI=1S/C17H24N4O2.ClH/c1-11-13(5-3-9-18-11)19-16(22)6-2-4-12-7-8-14-15(10-12)21-17(23)20-14;/h7-8,10-11,13,18H,2-6,9H2,1H3,(H,19,22)(H2,20,21,23);1H. The number of aromatic nitrogens is 2. The molecule has 1 aromatic heterocycles. The molecule has 1 aliphatic rings. The van der Waals surface area contributed by atoms with Gasteiger partial charge in [0.15, 0.2) is 0 Å². The number of imidazole rings is 1. The molecule has 0 aliphatic carbocycles. The number of hydrogen-bond acceptors (Lipinski definition) is 3. The van der Waals surface area contributed by atoms with E-state index in [1.807, 2.05) is 18.2 Å². The first kappa shape index (κ1) is 18.5. The van der Waals surface area contributed by atoms with Crippen molar-refractivity contribution in [2.24, 2.45) is 0 Å². The monoisotopic (exact) mass is 352 g/mol. The summed E-state index contributed by atoms with van der Waals surface area (Å²) < 4.78 is 0. The molecule has 1 fully saturated rings. The molecule has 2 unspecified atom stereocenters.